The minimum absolute atomic E-state index is 0.159. The van der Waals surface area contributed by atoms with Crippen molar-refractivity contribution in [2.24, 2.45) is 0 Å². The molecule has 2 aromatic heterocycles. The predicted octanol–water partition coefficient (Wildman–Crippen LogP) is 5.02. The topological polar surface area (TPSA) is 99.4 Å². The molecule has 0 bridgehead atoms. The number of aromatic nitrogens is 3. The van der Waals surface area contributed by atoms with Gasteiger partial charge in [0.25, 0.3) is 0 Å². The Morgan fingerprint density at radius 3 is 2.66 bits per heavy atom. The zero-order valence-electron chi connectivity index (χ0n) is 19.5. The number of benzene rings is 2. The molecule has 35 heavy (non-hydrogen) atoms. The van der Waals surface area contributed by atoms with Gasteiger partial charge in [-0.25, -0.2) is 9.37 Å². The number of pyridine rings is 1. The number of rotatable bonds is 10. The van der Waals surface area contributed by atoms with Crippen LogP contribution in [-0.4, -0.2) is 27.6 Å². The number of hydrogen-bond acceptors (Lipinski definition) is 7. The van der Waals surface area contributed by atoms with Gasteiger partial charge in [-0.3, -0.25) is 4.79 Å². The Morgan fingerprint density at radius 1 is 1.09 bits per heavy atom. The van der Waals surface area contributed by atoms with Crippen LogP contribution in [0.15, 0.2) is 65.3 Å². The summed E-state index contributed by atoms with van der Waals surface area (Å²) in [7, 11) is 0. The Kier molecular flexibility index (Phi) is 7.67. The van der Waals surface area contributed by atoms with Crippen LogP contribution < -0.4 is 14.8 Å². The molecule has 0 unspecified atom stereocenters. The van der Waals surface area contributed by atoms with Crippen molar-refractivity contribution in [1.29, 1.82) is 0 Å². The molecule has 9 heteroatoms. The summed E-state index contributed by atoms with van der Waals surface area (Å²) >= 11 is 0. The van der Waals surface area contributed by atoms with Crippen molar-refractivity contribution in [3.63, 3.8) is 0 Å². The summed E-state index contributed by atoms with van der Waals surface area (Å²) in [4.78, 5) is 20.8. The summed E-state index contributed by atoms with van der Waals surface area (Å²) in [6, 6.07) is 15.5. The fraction of sp³-hybridized carbons (Fsp3) is 0.231. The van der Waals surface area contributed by atoms with Crippen LogP contribution in [0.3, 0.4) is 0 Å². The average molecular weight is 477 g/mol. The second kappa shape index (κ2) is 11.2. The van der Waals surface area contributed by atoms with Crippen molar-refractivity contribution >= 4 is 5.91 Å². The van der Waals surface area contributed by atoms with Crippen LogP contribution in [0.1, 0.15) is 30.4 Å². The highest BCUT2D eigenvalue weighted by Gasteiger charge is 2.12. The van der Waals surface area contributed by atoms with Crippen LogP contribution in [0.5, 0.6) is 17.4 Å². The van der Waals surface area contributed by atoms with E-state index in [9.17, 15) is 9.18 Å². The Labute approximate surface area is 202 Å². The predicted molar refractivity (Wildman–Crippen MR) is 127 cm³/mol. The first-order valence-electron chi connectivity index (χ1n) is 11.2. The molecule has 0 fully saturated rings. The number of nitrogens with one attached hydrogen (secondary N) is 1. The largest absolute Gasteiger partial charge is 0.494 e. The minimum atomic E-state index is -0.293. The minimum Gasteiger partial charge on any atom is -0.494 e. The molecule has 0 aliphatic heterocycles. The maximum Gasteiger partial charge on any atom is 0.227 e. The van der Waals surface area contributed by atoms with Gasteiger partial charge in [-0.2, -0.15) is 4.98 Å². The fourth-order valence-electron chi connectivity index (χ4n) is 3.27. The Bertz CT molecular complexity index is 1290. The van der Waals surface area contributed by atoms with Crippen LogP contribution in [0, 0.1) is 12.7 Å². The van der Waals surface area contributed by atoms with Crippen molar-refractivity contribution in [1.82, 2.24) is 20.4 Å². The molecule has 2 heterocycles. The van der Waals surface area contributed by atoms with Gasteiger partial charge in [0.2, 0.25) is 23.5 Å². The molecule has 0 saturated carbocycles. The number of carbonyl (C=O) groups is 1. The number of carbonyl (C=O) groups excluding carboxylic acids is 1. The van der Waals surface area contributed by atoms with Gasteiger partial charge in [0.05, 0.1) is 6.61 Å². The summed E-state index contributed by atoms with van der Waals surface area (Å²) in [6.07, 6.45) is 2.11. The third-order valence-corrected chi connectivity index (χ3v) is 5.10. The first-order valence-corrected chi connectivity index (χ1v) is 11.2. The van der Waals surface area contributed by atoms with Gasteiger partial charge in [-0.05, 0) is 73.5 Å². The maximum absolute atomic E-state index is 13.5. The van der Waals surface area contributed by atoms with Crippen LogP contribution in [0.25, 0.3) is 11.4 Å². The highest BCUT2D eigenvalue weighted by molar-refractivity contribution is 5.76. The second-order valence-corrected chi connectivity index (χ2v) is 7.76. The summed E-state index contributed by atoms with van der Waals surface area (Å²) in [5.41, 5.74) is 2.00. The van der Waals surface area contributed by atoms with Crippen LogP contribution >= 0.6 is 0 Å². The van der Waals surface area contributed by atoms with E-state index in [1.807, 2.05) is 19.1 Å². The van der Waals surface area contributed by atoms with Crippen molar-refractivity contribution in [2.75, 3.05) is 6.61 Å². The molecule has 4 rings (SSSR count). The zero-order chi connectivity index (χ0) is 24.6. The zero-order valence-corrected chi connectivity index (χ0v) is 19.5. The van der Waals surface area contributed by atoms with E-state index in [-0.39, 0.29) is 18.1 Å². The third-order valence-electron chi connectivity index (χ3n) is 5.10. The van der Waals surface area contributed by atoms with Crippen LogP contribution in [0.2, 0.25) is 0 Å². The summed E-state index contributed by atoms with van der Waals surface area (Å²) in [5.74, 6) is 2.08. The van der Waals surface area contributed by atoms with Gasteiger partial charge >= 0.3 is 0 Å². The number of ether oxygens (including phenoxy) is 2. The fourth-order valence-corrected chi connectivity index (χ4v) is 3.27. The standard InChI is InChI=1S/C26H25FN4O4/c1-3-33-20-5-7-21(8-6-20)34-25-15-18(12-13-28-25)16-29-23(32)10-11-24-30-26(31-35-24)19-4-9-22(27)17(2)14-19/h4-9,12-15H,3,10-11,16H2,1-2H3,(H,29,32). The molecule has 0 radical (unpaired) electrons. The molecule has 1 N–H and O–H groups in total. The molecule has 0 saturated heterocycles. The molecular formula is C26H25FN4O4. The smallest absolute Gasteiger partial charge is 0.227 e. The molecule has 0 aliphatic carbocycles. The van der Waals surface area contributed by atoms with Crippen LogP contribution in [-0.2, 0) is 17.8 Å². The van der Waals surface area contributed by atoms with Gasteiger partial charge in [0.1, 0.15) is 17.3 Å². The van der Waals surface area contributed by atoms with E-state index in [0.29, 0.717) is 54.0 Å². The van der Waals surface area contributed by atoms with Crippen LogP contribution in [0.4, 0.5) is 4.39 Å². The number of hydrogen-bond donors (Lipinski definition) is 1. The van der Waals surface area contributed by atoms with Gasteiger partial charge in [0.15, 0.2) is 0 Å². The van der Waals surface area contributed by atoms with Gasteiger partial charge in [-0.1, -0.05) is 5.16 Å². The normalized spacial score (nSPS) is 10.7. The monoisotopic (exact) mass is 476 g/mol. The molecule has 180 valence electrons. The van der Waals surface area contributed by atoms with E-state index in [1.54, 1.807) is 49.5 Å². The number of aryl methyl sites for hydroxylation is 2. The molecular weight excluding hydrogens is 451 g/mol. The molecule has 8 nitrogen and oxygen atoms in total. The van der Waals surface area contributed by atoms with E-state index in [1.165, 1.54) is 6.07 Å². The first-order chi connectivity index (χ1) is 17.0. The van der Waals surface area contributed by atoms with Gasteiger partial charge in [-0.15, -0.1) is 0 Å². The summed E-state index contributed by atoms with van der Waals surface area (Å²) < 4.78 is 29.9. The van der Waals surface area contributed by atoms with Gasteiger partial charge < -0.3 is 19.3 Å². The van der Waals surface area contributed by atoms with E-state index in [2.05, 4.69) is 20.4 Å². The van der Waals surface area contributed by atoms with Crippen molar-refractivity contribution < 1.29 is 23.2 Å². The lowest BCUT2D eigenvalue weighted by Crippen LogP contribution is -2.23. The Hall–Kier alpha value is -4.27. The maximum atomic E-state index is 13.5. The molecule has 0 spiro atoms. The van der Waals surface area contributed by atoms with E-state index >= 15 is 0 Å². The molecule has 4 aromatic rings. The van der Waals surface area contributed by atoms with Crippen molar-refractivity contribution in [3.8, 4) is 28.8 Å². The molecule has 2 aromatic carbocycles. The SMILES string of the molecule is CCOc1ccc(Oc2cc(CNC(=O)CCc3nc(-c4ccc(F)c(C)c4)no3)ccn2)cc1. The number of halogens is 1. The highest BCUT2D eigenvalue weighted by Crippen LogP contribution is 2.23. The molecule has 0 aliphatic rings. The van der Waals surface area contributed by atoms with Crippen molar-refractivity contribution in [3.05, 3.63) is 83.6 Å². The summed E-state index contributed by atoms with van der Waals surface area (Å²) in [5, 5.41) is 6.78. The number of amides is 1. The highest BCUT2D eigenvalue weighted by atomic mass is 19.1. The lowest BCUT2D eigenvalue weighted by Gasteiger charge is -2.09. The third kappa shape index (κ3) is 6.63. The Morgan fingerprint density at radius 2 is 1.89 bits per heavy atom. The quantitative estimate of drug-likeness (QED) is 0.343. The van der Waals surface area contributed by atoms with E-state index < -0.39 is 0 Å². The average Bonchev–Trinajstić information content (AvgIpc) is 3.34. The van der Waals surface area contributed by atoms with E-state index in [4.69, 9.17) is 14.0 Å². The molecule has 1 amide bonds. The lowest BCUT2D eigenvalue weighted by molar-refractivity contribution is -0.121. The van der Waals surface area contributed by atoms with E-state index in [0.717, 1.165) is 11.3 Å². The number of nitrogens with zero attached hydrogens (tertiary/aromatic N) is 3. The Balaban J connectivity index is 1.26. The summed E-state index contributed by atoms with van der Waals surface area (Å²) in [6.45, 7) is 4.52. The van der Waals surface area contributed by atoms with Crippen molar-refractivity contribution in [2.45, 2.75) is 33.2 Å². The lowest BCUT2D eigenvalue weighted by atomic mass is 10.1. The second-order valence-electron chi connectivity index (χ2n) is 7.76. The molecule has 0 atom stereocenters. The first kappa shape index (κ1) is 23.9. The van der Waals surface area contributed by atoms with Gasteiger partial charge in [0, 0.05) is 37.2 Å².